The Labute approximate surface area is 243 Å². The molecule has 2 unspecified atom stereocenters. The van der Waals surface area contributed by atoms with Crippen LogP contribution < -0.4 is 16.2 Å². The fraction of sp³-hybridized carbons (Fsp3) is 0.500. The van der Waals surface area contributed by atoms with E-state index in [4.69, 9.17) is 9.16 Å². The van der Waals surface area contributed by atoms with Gasteiger partial charge in [0.2, 0.25) is 5.91 Å². The van der Waals surface area contributed by atoms with Gasteiger partial charge >= 0.3 is 18.2 Å². The topological polar surface area (TPSA) is 136 Å². The number of benzene rings is 1. The quantitative estimate of drug-likeness (QED) is 0.240. The highest BCUT2D eigenvalue weighted by Crippen LogP contribution is 2.49. The molecule has 0 saturated heterocycles. The summed E-state index contributed by atoms with van der Waals surface area (Å²) in [6, 6.07) is 9.58. The Morgan fingerprint density at radius 2 is 1.64 bits per heavy atom. The molecular formula is C28H38F3N3O7Si. The normalized spacial score (nSPS) is 14.3. The lowest BCUT2D eigenvalue weighted by Crippen LogP contribution is -2.67. The number of halogens is 3. The first kappa shape index (κ1) is 34.5. The summed E-state index contributed by atoms with van der Waals surface area (Å²) in [4.78, 5) is 50.7. The standard InChI is InChI=1S/C28H38F3N3O7Si/c1-17(2)27(41-42(6)7,24(26(3,4)5)28(29,30)31)33-20(35)15-34-14-13-19(23(37)38)21(22(34)36)32-25(39)40-16-18-11-9-8-10-12-18/h8-14,17,24,42H,15-16H2,1-7H3,(H,32,39)(H,33,35)(H,37,38). The maximum absolute atomic E-state index is 14.6. The lowest BCUT2D eigenvalue weighted by atomic mass is 9.70. The number of alkyl halides is 3. The molecule has 2 atom stereocenters. The van der Waals surface area contributed by atoms with E-state index in [-0.39, 0.29) is 6.61 Å². The Bertz CT molecular complexity index is 1310. The first-order valence-electron chi connectivity index (χ1n) is 13.3. The molecule has 0 spiro atoms. The third-order valence-electron chi connectivity index (χ3n) is 6.39. The second kappa shape index (κ2) is 13.5. The van der Waals surface area contributed by atoms with Crippen LogP contribution in [0.3, 0.4) is 0 Å². The molecule has 1 heterocycles. The predicted molar refractivity (Wildman–Crippen MR) is 153 cm³/mol. The monoisotopic (exact) mass is 613 g/mol. The van der Waals surface area contributed by atoms with Crippen LogP contribution in [0.25, 0.3) is 0 Å². The van der Waals surface area contributed by atoms with E-state index in [1.54, 1.807) is 43.4 Å². The zero-order valence-electron chi connectivity index (χ0n) is 24.7. The van der Waals surface area contributed by atoms with Crippen LogP contribution in [0.15, 0.2) is 47.4 Å². The summed E-state index contributed by atoms with van der Waals surface area (Å²) in [5, 5.41) is 14.1. The van der Waals surface area contributed by atoms with Crippen molar-refractivity contribution >= 4 is 32.7 Å². The van der Waals surface area contributed by atoms with E-state index >= 15 is 0 Å². The molecule has 0 bridgehead atoms. The van der Waals surface area contributed by atoms with Gasteiger partial charge in [0.1, 0.15) is 30.5 Å². The number of rotatable bonds is 11. The number of carboxylic acids is 1. The Kier molecular flexibility index (Phi) is 11.1. The molecule has 1 aromatic carbocycles. The van der Waals surface area contributed by atoms with Gasteiger partial charge in [0.05, 0.1) is 5.56 Å². The number of ether oxygens (including phenoxy) is 1. The number of aromatic nitrogens is 1. The molecule has 0 fully saturated rings. The van der Waals surface area contributed by atoms with Crippen molar-refractivity contribution in [3.05, 3.63) is 64.1 Å². The third-order valence-corrected chi connectivity index (χ3v) is 7.26. The van der Waals surface area contributed by atoms with Gasteiger partial charge in [-0.1, -0.05) is 65.0 Å². The smallest absolute Gasteiger partial charge is 0.412 e. The number of amides is 2. The lowest BCUT2D eigenvalue weighted by Gasteiger charge is -2.51. The van der Waals surface area contributed by atoms with Crippen molar-refractivity contribution in [3.8, 4) is 0 Å². The number of carbonyl (C=O) groups is 3. The van der Waals surface area contributed by atoms with E-state index in [2.05, 4.69) is 10.6 Å². The highest BCUT2D eigenvalue weighted by molar-refractivity contribution is 6.48. The maximum atomic E-state index is 14.6. The first-order valence-corrected chi connectivity index (χ1v) is 16.1. The van der Waals surface area contributed by atoms with E-state index in [1.807, 2.05) is 0 Å². The summed E-state index contributed by atoms with van der Waals surface area (Å²) in [5.74, 6) is -5.45. The molecule has 1 aromatic heterocycles. The number of carbonyl (C=O) groups excluding carboxylic acids is 2. The minimum atomic E-state index is -4.75. The Morgan fingerprint density at radius 3 is 2.12 bits per heavy atom. The molecule has 0 aliphatic rings. The number of pyridine rings is 1. The third kappa shape index (κ3) is 8.68. The van der Waals surface area contributed by atoms with E-state index in [0.717, 1.165) is 16.8 Å². The summed E-state index contributed by atoms with van der Waals surface area (Å²) in [5.41, 5.74) is -5.19. The van der Waals surface area contributed by atoms with Gasteiger partial charge in [-0.15, -0.1) is 0 Å². The molecule has 232 valence electrons. The van der Waals surface area contributed by atoms with Crippen LogP contribution in [0, 0.1) is 17.3 Å². The summed E-state index contributed by atoms with van der Waals surface area (Å²) in [6.45, 7) is 9.67. The largest absolute Gasteiger partial charge is 0.478 e. The fourth-order valence-electron chi connectivity index (χ4n) is 4.82. The Morgan fingerprint density at radius 1 is 1.05 bits per heavy atom. The summed E-state index contributed by atoms with van der Waals surface area (Å²) in [6.07, 6.45) is -4.87. The van der Waals surface area contributed by atoms with Crippen molar-refractivity contribution in [1.82, 2.24) is 9.88 Å². The van der Waals surface area contributed by atoms with Crippen LogP contribution in [0.2, 0.25) is 13.1 Å². The van der Waals surface area contributed by atoms with Crippen LogP contribution in [0.4, 0.5) is 23.7 Å². The van der Waals surface area contributed by atoms with Gasteiger partial charge in [-0.3, -0.25) is 14.9 Å². The number of nitrogens with zero attached hydrogens (tertiary/aromatic N) is 1. The fourth-order valence-corrected chi connectivity index (χ4v) is 6.07. The maximum Gasteiger partial charge on any atom is 0.412 e. The number of carboxylic acid groups (broad SMARTS) is 1. The molecule has 0 aliphatic heterocycles. The van der Waals surface area contributed by atoms with Crippen molar-refractivity contribution in [2.75, 3.05) is 5.32 Å². The van der Waals surface area contributed by atoms with Gasteiger partial charge in [0.15, 0.2) is 9.04 Å². The summed E-state index contributed by atoms with van der Waals surface area (Å²) in [7, 11) is -2.19. The van der Waals surface area contributed by atoms with E-state index < -0.39 is 79.5 Å². The van der Waals surface area contributed by atoms with Crippen LogP contribution >= 0.6 is 0 Å². The van der Waals surface area contributed by atoms with Crippen LogP contribution in [-0.4, -0.2) is 48.6 Å². The minimum absolute atomic E-state index is 0.164. The number of nitrogens with one attached hydrogen (secondary N) is 2. The van der Waals surface area contributed by atoms with Crippen molar-refractivity contribution in [2.45, 2.75) is 72.8 Å². The average Bonchev–Trinajstić information content (AvgIpc) is 2.83. The molecule has 14 heteroatoms. The molecule has 3 N–H and O–H groups in total. The van der Waals surface area contributed by atoms with E-state index in [9.17, 15) is 37.5 Å². The van der Waals surface area contributed by atoms with Gasteiger partial charge in [0, 0.05) is 12.1 Å². The second-order valence-electron chi connectivity index (χ2n) is 11.5. The van der Waals surface area contributed by atoms with E-state index in [1.165, 1.54) is 34.6 Å². The molecule has 2 aromatic rings. The number of hydrogen-bond acceptors (Lipinski definition) is 6. The number of anilines is 1. The summed E-state index contributed by atoms with van der Waals surface area (Å²) >= 11 is 0. The van der Waals surface area contributed by atoms with Gasteiger partial charge in [0.25, 0.3) is 5.56 Å². The van der Waals surface area contributed by atoms with Crippen LogP contribution in [0.1, 0.15) is 50.5 Å². The second-order valence-corrected chi connectivity index (χ2v) is 13.9. The van der Waals surface area contributed by atoms with Crippen molar-refractivity contribution < 1.29 is 41.8 Å². The molecular weight excluding hydrogens is 575 g/mol. The molecule has 10 nitrogen and oxygen atoms in total. The zero-order valence-corrected chi connectivity index (χ0v) is 25.8. The van der Waals surface area contributed by atoms with Gasteiger partial charge in [-0.2, -0.15) is 13.2 Å². The van der Waals surface area contributed by atoms with Crippen LogP contribution in [0.5, 0.6) is 0 Å². The van der Waals surface area contributed by atoms with Gasteiger partial charge < -0.3 is 24.2 Å². The SMILES string of the molecule is CC(C)C(NC(=O)Cn1ccc(C(=O)O)c(NC(=O)OCc2ccccc2)c1=O)(O[SiH](C)C)C(C(C)(C)C)C(F)(F)F. The Hall–Kier alpha value is -3.65. The van der Waals surface area contributed by atoms with Gasteiger partial charge in [-0.05, 0) is 30.1 Å². The molecule has 0 aliphatic carbocycles. The van der Waals surface area contributed by atoms with Crippen molar-refractivity contribution in [1.29, 1.82) is 0 Å². The number of aromatic carboxylic acids is 1. The lowest BCUT2D eigenvalue weighted by molar-refractivity contribution is -0.265. The van der Waals surface area contributed by atoms with E-state index in [0.29, 0.717) is 5.56 Å². The molecule has 0 radical (unpaired) electrons. The van der Waals surface area contributed by atoms with Crippen LogP contribution in [-0.2, 0) is 27.1 Å². The first-order chi connectivity index (χ1) is 19.3. The zero-order chi connectivity index (χ0) is 32.0. The highest BCUT2D eigenvalue weighted by atomic mass is 28.3. The van der Waals surface area contributed by atoms with Gasteiger partial charge in [-0.25, -0.2) is 9.59 Å². The Balaban J connectivity index is 2.44. The highest BCUT2D eigenvalue weighted by Gasteiger charge is 2.61. The molecule has 2 amide bonds. The molecule has 42 heavy (non-hydrogen) atoms. The summed E-state index contributed by atoms with van der Waals surface area (Å²) < 4.78 is 55.5. The van der Waals surface area contributed by atoms with Crippen molar-refractivity contribution in [2.24, 2.45) is 17.3 Å². The number of hydrogen-bond donors (Lipinski definition) is 3. The predicted octanol–water partition coefficient (Wildman–Crippen LogP) is 4.99. The average molecular weight is 614 g/mol. The molecule has 2 rings (SSSR count). The van der Waals surface area contributed by atoms with Crippen molar-refractivity contribution in [3.63, 3.8) is 0 Å². The molecule has 0 saturated carbocycles. The minimum Gasteiger partial charge on any atom is -0.478 e.